The van der Waals surface area contributed by atoms with E-state index < -0.39 is 11.8 Å². The van der Waals surface area contributed by atoms with E-state index in [2.05, 4.69) is 4.98 Å². The van der Waals surface area contributed by atoms with Crippen molar-refractivity contribution in [3.8, 4) is 0 Å². The van der Waals surface area contributed by atoms with E-state index in [1.165, 1.54) is 17.8 Å². The van der Waals surface area contributed by atoms with Crippen molar-refractivity contribution in [1.29, 1.82) is 0 Å². The van der Waals surface area contributed by atoms with Gasteiger partial charge >= 0.3 is 5.97 Å². The topological polar surface area (TPSA) is 63.3 Å². The predicted molar refractivity (Wildman–Crippen MR) is 76.9 cm³/mol. The van der Waals surface area contributed by atoms with Gasteiger partial charge < -0.3 is 9.52 Å². The second kappa shape index (κ2) is 5.57. The number of para-hydroxylation sites is 2. The molecule has 0 amide bonds. The highest BCUT2D eigenvalue weighted by atomic mass is 32.2. The summed E-state index contributed by atoms with van der Waals surface area (Å²) in [6.45, 7) is 0. The molecule has 0 aliphatic carbocycles. The average Bonchev–Trinajstić information content (AvgIpc) is 2.89. The summed E-state index contributed by atoms with van der Waals surface area (Å²) >= 11 is 1.33. The van der Waals surface area contributed by atoms with Crippen LogP contribution in [0.4, 0.5) is 4.39 Å². The van der Waals surface area contributed by atoms with Crippen LogP contribution < -0.4 is 0 Å². The molecule has 2 aromatic carbocycles. The lowest BCUT2D eigenvalue weighted by atomic mass is 10.1. The second-order valence-electron chi connectivity index (χ2n) is 4.36. The maximum Gasteiger partial charge on any atom is 0.338 e. The summed E-state index contributed by atoms with van der Waals surface area (Å²) in [7, 11) is 0. The number of thioether (sulfide) groups is 1. The van der Waals surface area contributed by atoms with Crippen LogP contribution in [0.5, 0.6) is 0 Å². The van der Waals surface area contributed by atoms with Gasteiger partial charge in [0, 0.05) is 5.75 Å². The summed E-state index contributed by atoms with van der Waals surface area (Å²) in [4.78, 5) is 15.2. The molecular formula is C15H10FNO3S. The minimum absolute atomic E-state index is 0.328. The summed E-state index contributed by atoms with van der Waals surface area (Å²) in [6, 6.07) is 11.5. The van der Waals surface area contributed by atoms with Crippen LogP contribution in [0, 0.1) is 5.82 Å². The highest BCUT2D eigenvalue weighted by molar-refractivity contribution is 7.98. The molecule has 3 rings (SSSR count). The quantitative estimate of drug-likeness (QED) is 0.739. The van der Waals surface area contributed by atoms with Gasteiger partial charge in [-0.05, 0) is 29.8 Å². The van der Waals surface area contributed by atoms with E-state index in [-0.39, 0.29) is 5.56 Å². The summed E-state index contributed by atoms with van der Waals surface area (Å²) in [5.74, 6) is -1.56. The van der Waals surface area contributed by atoms with Crippen LogP contribution >= 0.6 is 11.8 Å². The van der Waals surface area contributed by atoms with E-state index in [9.17, 15) is 9.18 Å². The van der Waals surface area contributed by atoms with Crippen molar-refractivity contribution >= 4 is 28.8 Å². The first kappa shape index (κ1) is 13.6. The Balaban J connectivity index is 1.78. The molecule has 4 nitrogen and oxygen atoms in total. The summed E-state index contributed by atoms with van der Waals surface area (Å²) in [5, 5.41) is 9.39. The molecule has 6 heteroatoms. The number of aromatic carboxylic acids is 1. The fourth-order valence-corrected chi connectivity index (χ4v) is 2.67. The number of aromatic nitrogens is 1. The first-order valence-electron chi connectivity index (χ1n) is 6.13. The van der Waals surface area contributed by atoms with Crippen LogP contribution in [0.15, 0.2) is 52.1 Å². The summed E-state index contributed by atoms with van der Waals surface area (Å²) in [6.07, 6.45) is 0. The van der Waals surface area contributed by atoms with Gasteiger partial charge in [0.1, 0.15) is 11.3 Å². The summed E-state index contributed by atoms with van der Waals surface area (Å²) in [5.41, 5.74) is 1.84. The Morgan fingerprint density at radius 2 is 2.10 bits per heavy atom. The van der Waals surface area contributed by atoms with E-state index in [0.717, 1.165) is 11.6 Å². The number of fused-ring (bicyclic) bond motifs is 1. The minimum Gasteiger partial charge on any atom is -0.478 e. The zero-order valence-corrected chi connectivity index (χ0v) is 11.6. The Morgan fingerprint density at radius 3 is 2.86 bits per heavy atom. The lowest BCUT2D eigenvalue weighted by molar-refractivity contribution is 0.0692. The molecule has 0 saturated heterocycles. The molecule has 1 N–H and O–H groups in total. The number of carboxylic acid groups (broad SMARTS) is 1. The molecule has 0 atom stereocenters. The third-order valence-corrected chi connectivity index (χ3v) is 3.80. The smallest absolute Gasteiger partial charge is 0.338 e. The van der Waals surface area contributed by atoms with Gasteiger partial charge in [0.05, 0.1) is 5.56 Å². The Kier molecular flexibility index (Phi) is 3.62. The van der Waals surface area contributed by atoms with Crippen LogP contribution in [0.25, 0.3) is 11.1 Å². The number of halogens is 1. The molecule has 0 saturated carbocycles. The predicted octanol–water partition coefficient (Wildman–Crippen LogP) is 3.96. The first-order chi connectivity index (χ1) is 10.1. The van der Waals surface area contributed by atoms with Crippen LogP contribution in [-0.4, -0.2) is 16.1 Å². The molecule has 21 heavy (non-hydrogen) atoms. The molecule has 0 radical (unpaired) electrons. The largest absolute Gasteiger partial charge is 0.478 e. The van der Waals surface area contributed by atoms with E-state index in [4.69, 9.17) is 9.52 Å². The van der Waals surface area contributed by atoms with Crippen molar-refractivity contribution in [2.24, 2.45) is 0 Å². The van der Waals surface area contributed by atoms with Gasteiger partial charge in [-0.3, -0.25) is 0 Å². The van der Waals surface area contributed by atoms with E-state index in [1.54, 1.807) is 6.07 Å². The average molecular weight is 303 g/mol. The third kappa shape index (κ3) is 2.90. The van der Waals surface area contributed by atoms with Gasteiger partial charge in [0.15, 0.2) is 5.58 Å². The fraction of sp³-hybridized carbons (Fsp3) is 0.0667. The van der Waals surface area contributed by atoms with Crippen LogP contribution in [0.2, 0.25) is 0 Å². The Bertz CT molecular complexity index is 783. The van der Waals surface area contributed by atoms with Crippen molar-refractivity contribution in [3.05, 3.63) is 59.4 Å². The zero-order valence-electron chi connectivity index (χ0n) is 10.7. The number of carbonyl (C=O) groups is 1. The monoisotopic (exact) mass is 303 g/mol. The molecule has 0 spiro atoms. The number of hydrogen-bond acceptors (Lipinski definition) is 4. The van der Waals surface area contributed by atoms with E-state index in [0.29, 0.717) is 22.1 Å². The molecule has 106 valence electrons. The van der Waals surface area contributed by atoms with Gasteiger partial charge in [-0.25, -0.2) is 14.2 Å². The minimum atomic E-state index is -1.28. The molecule has 3 aromatic rings. The Labute approximate surface area is 123 Å². The number of oxazole rings is 1. The van der Waals surface area contributed by atoms with Crippen LogP contribution in [0.3, 0.4) is 0 Å². The maximum atomic E-state index is 13.3. The second-order valence-corrected chi connectivity index (χ2v) is 5.28. The number of benzene rings is 2. The number of hydrogen-bond donors (Lipinski definition) is 1. The normalized spacial score (nSPS) is 10.9. The van der Waals surface area contributed by atoms with Crippen molar-refractivity contribution in [1.82, 2.24) is 4.98 Å². The molecule has 0 unspecified atom stereocenters. The van der Waals surface area contributed by atoms with Gasteiger partial charge in [0.25, 0.3) is 5.22 Å². The van der Waals surface area contributed by atoms with Gasteiger partial charge in [-0.2, -0.15) is 0 Å². The molecule has 1 aromatic heterocycles. The highest BCUT2D eigenvalue weighted by Crippen LogP contribution is 2.26. The molecule has 1 heterocycles. The number of carboxylic acids is 1. The number of rotatable bonds is 4. The SMILES string of the molecule is O=C(O)c1cc(CSc2nc3ccccc3o2)ccc1F. The molecule has 0 aliphatic heterocycles. The van der Waals surface area contributed by atoms with Crippen molar-refractivity contribution in [3.63, 3.8) is 0 Å². The molecule has 0 fully saturated rings. The Hall–Kier alpha value is -2.34. The highest BCUT2D eigenvalue weighted by Gasteiger charge is 2.12. The molecule has 0 bridgehead atoms. The lowest BCUT2D eigenvalue weighted by Gasteiger charge is -2.02. The van der Waals surface area contributed by atoms with Crippen molar-refractivity contribution in [2.75, 3.05) is 0 Å². The van der Waals surface area contributed by atoms with Gasteiger partial charge in [0.2, 0.25) is 0 Å². The van der Waals surface area contributed by atoms with Crippen molar-refractivity contribution in [2.45, 2.75) is 11.0 Å². The van der Waals surface area contributed by atoms with Crippen LogP contribution in [-0.2, 0) is 5.75 Å². The maximum absolute atomic E-state index is 13.3. The first-order valence-corrected chi connectivity index (χ1v) is 7.12. The molecular weight excluding hydrogens is 293 g/mol. The van der Waals surface area contributed by atoms with Gasteiger partial charge in [-0.1, -0.05) is 30.0 Å². The summed E-state index contributed by atoms with van der Waals surface area (Å²) < 4.78 is 18.9. The standard InChI is InChI=1S/C15H10FNO3S/c16-11-6-5-9(7-10(11)14(18)19)8-21-15-17-12-3-1-2-4-13(12)20-15/h1-7H,8H2,(H,18,19). The third-order valence-electron chi connectivity index (χ3n) is 2.90. The van der Waals surface area contributed by atoms with Gasteiger partial charge in [-0.15, -0.1) is 0 Å². The lowest BCUT2D eigenvalue weighted by Crippen LogP contribution is -2.01. The van der Waals surface area contributed by atoms with E-state index in [1.807, 2.05) is 24.3 Å². The van der Waals surface area contributed by atoms with Crippen molar-refractivity contribution < 1.29 is 18.7 Å². The fourth-order valence-electron chi connectivity index (χ4n) is 1.88. The zero-order chi connectivity index (χ0) is 14.8. The Morgan fingerprint density at radius 1 is 1.29 bits per heavy atom. The number of nitrogens with zero attached hydrogens (tertiary/aromatic N) is 1. The van der Waals surface area contributed by atoms with Crippen LogP contribution in [0.1, 0.15) is 15.9 Å². The van der Waals surface area contributed by atoms with E-state index >= 15 is 0 Å². The molecule has 0 aliphatic rings.